The molecule has 1 aliphatic carbocycles. The summed E-state index contributed by atoms with van der Waals surface area (Å²) in [4.78, 5) is 22.0. The van der Waals surface area contributed by atoms with Gasteiger partial charge in [-0.05, 0) is 57.7 Å². The number of amides is 1. The molecular weight excluding hydrogens is 362 g/mol. The second-order valence-corrected chi connectivity index (χ2v) is 8.44. The maximum atomic E-state index is 13.2. The Morgan fingerprint density at radius 3 is 2.83 bits per heavy atom. The molecule has 3 heterocycles. The fraction of sp³-hybridized carbons (Fsp3) is 0.609. The normalized spacial score (nSPS) is 19.0. The molecule has 2 aromatic heterocycles. The monoisotopic (exact) mass is 395 g/mol. The summed E-state index contributed by atoms with van der Waals surface area (Å²) in [6.07, 6.45) is 9.14. The molecule has 1 atom stereocenters. The highest BCUT2D eigenvalue weighted by atomic mass is 16.2. The van der Waals surface area contributed by atoms with Crippen molar-refractivity contribution >= 4 is 5.91 Å². The van der Waals surface area contributed by atoms with Crippen LogP contribution in [0.5, 0.6) is 0 Å². The lowest BCUT2D eigenvalue weighted by molar-refractivity contribution is 0.0784. The molecule has 0 N–H and O–H groups in total. The number of likely N-dealkylation sites (tertiary alicyclic amines) is 1. The highest BCUT2D eigenvalue weighted by molar-refractivity contribution is 5.94. The van der Waals surface area contributed by atoms with Crippen molar-refractivity contribution in [1.82, 2.24) is 24.6 Å². The minimum Gasteiger partial charge on any atom is -0.337 e. The van der Waals surface area contributed by atoms with Gasteiger partial charge in [-0.25, -0.2) is 0 Å². The molecule has 0 bridgehead atoms. The van der Waals surface area contributed by atoms with E-state index in [-0.39, 0.29) is 5.91 Å². The number of likely N-dealkylation sites (N-methyl/N-ethyl adjacent to an activating group) is 1. The number of hydrogen-bond donors (Lipinski definition) is 0. The van der Waals surface area contributed by atoms with E-state index < -0.39 is 0 Å². The Labute approximate surface area is 173 Å². The number of aromatic nitrogens is 3. The molecule has 0 aromatic carbocycles. The lowest BCUT2D eigenvalue weighted by Gasteiger charge is -2.32. The van der Waals surface area contributed by atoms with Crippen molar-refractivity contribution in [3.05, 3.63) is 47.0 Å². The first-order valence-corrected chi connectivity index (χ1v) is 11.2. The third-order valence-electron chi connectivity index (χ3n) is 6.42. The van der Waals surface area contributed by atoms with Crippen molar-refractivity contribution in [2.75, 3.05) is 26.7 Å². The summed E-state index contributed by atoms with van der Waals surface area (Å²) < 4.78 is 2.11. The highest BCUT2D eigenvalue weighted by Crippen LogP contribution is 2.29. The number of hydrogen-bond acceptors (Lipinski definition) is 4. The first kappa shape index (κ1) is 20.1. The molecule has 1 saturated heterocycles. The summed E-state index contributed by atoms with van der Waals surface area (Å²) in [6.45, 7) is 5.81. The smallest absolute Gasteiger partial charge is 0.274 e. The van der Waals surface area contributed by atoms with Gasteiger partial charge in [0.1, 0.15) is 0 Å². The van der Waals surface area contributed by atoms with Crippen LogP contribution in [0.2, 0.25) is 0 Å². The van der Waals surface area contributed by atoms with Gasteiger partial charge in [-0.1, -0.05) is 13.0 Å². The lowest BCUT2D eigenvalue weighted by atomic mass is 9.90. The van der Waals surface area contributed by atoms with Crippen molar-refractivity contribution in [1.29, 1.82) is 0 Å². The van der Waals surface area contributed by atoms with Crippen LogP contribution in [0.3, 0.4) is 0 Å². The average Bonchev–Trinajstić information content (AvgIpc) is 3.41. The van der Waals surface area contributed by atoms with E-state index in [1.165, 1.54) is 11.3 Å². The van der Waals surface area contributed by atoms with E-state index in [2.05, 4.69) is 34.6 Å². The molecule has 2 aliphatic rings. The third-order valence-corrected chi connectivity index (χ3v) is 6.42. The zero-order valence-electron chi connectivity index (χ0n) is 17.8. The van der Waals surface area contributed by atoms with E-state index in [0.717, 1.165) is 82.5 Å². The Morgan fingerprint density at radius 2 is 2.10 bits per heavy atom. The minimum absolute atomic E-state index is 0.144. The predicted molar refractivity (Wildman–Crippen MR) is 114 cm³/mol. The summed E-state index contributed by atoms with van der Waals surface area (Å²) in [5, 5.41) is 4.81. The summed E-state index contributed by atoms with van der Waals surface area (Å²) in [7, 11) is 2.21. The van der Waals surface area contributed by atoms with Crippen molar-refractivity contribution < 1.29 is 4.79 Å². The van der Waals surface area contributed by atoms with Crippen molar-refractivity contribution in [2.45, 2.75) is 64.5 Å². The minimum atomic E-state index is 0.144. The zero-order chi connectivity index (χ0) is 20.2. The number of rotatable bonds is 7. The summed E-state index contributed by atoms with van der Waals surface area (Å²) >= 11 is 0. The fourth-order valence-corrected chi connectivity index (χ4v) is 4.70. The number of aryl methyl sites for hydroxylation is 1. The largest absolute Gasteiger partial charge is 0.337 e. The number of pyridine rings is 1. The molecule has 156 valence electrons. The third kappa shape index (κ3) is 4.37. The van der Waals surface area contributed by atoms with Crippen LogP contribution in [0, 0.1) is 0 Å². The van der Waals surface area contributed by atoms with E-state index in [1.807, 2.05) is 23.2 Å². The first-order valence-electron chi connectivity index (χ1n) is 11.2. The van der Waals surface area contributed by atoms with Gasteiger partial charge in [0, 0.05) is 61.8 Å². The van der Waals surface area contributed by atoms with E-state index in [1.54, 1.807) is 0 Å². The van der Waals surface area contributed by atoms with E-state index >= 15 is 0 Å². The molecule has 2 aromatic rings. The van der Waals surface area contributed by atoms with Gasteiger partial charge in [-0.3, -0.25) is 14.5 Å². The van der Waals surface area contributed by atoms with Gasteiger partial charge >= 0.3 is 0 Å². The summed E-state index contributed by atoms with van der Waals surface area (Å²) in [5.41, 5.74) is 4.36. The molecule has 4 rings (SSSR count). The average molecular weight is 396 g/mol. The zero-order valence-corrected chi connectivity index (χ0v) is 17.8. The molecule has 0 saturated carbocycles. The molecule has 0 spiro atoms. The second-order valence-electron chi connectivity index (χ2n) is 8.44. The van der Waals surface area contributed by atoms with Gasteiger partial charge in [0.25, 0.3) is 5.91 Å². The standard InChI is InChI=1S/C23H33N5O/c1-3-13-28-21-10-9-19(26(2)16-11-18-8-4-5-12-24-18)17-20(21)22(25-28)23(29)27-14-6-7-15-27/h4-5,8,12,19H,3,6-7,9-11,13-17H2,1-2H3/t19-/m1/s1. The van der Waals surface area contributed by atoms with Crippen molar-refractivity contribution in [3.8, 4) is 0 Å². The highest BCUT2D eigenvalue weighted by Gasteiger charge is 2.32. The van der Waals surface area contributed by atoms with Crippen LogP contribution >= 0.6 is 0 Å². The van der Waals surface area contributed by atoms with Crippen LogP contribution in [-0.2, 0) is 25.8 Å². The van der Waals surface area contributed by atoms with Gasteiger partial charge in [0.05, 0.1) is 0 Å². The van der Waals surface area contributed by atoms with Crippen molar-refractivity contribution in [3.63, 3.8) is 0 Å². The topological polar surface area (TPSA) is 54.3 Å². The maximum Gasteiger partial charge on any atom is 0.274 e. The van der Waals surface area contributed by atoms with Gasteiger partial charge in [-0.2, -0.15) is 5.10 Å². The van der Waals surface area contributed by atoms with Gasteiger partial charge < -0.3 is 9.80 Å². The van der Waals surface area contributed by atoms with Crippen LogP contribution in [0.4, 0.5) is 0 Å². The molecule has 6 nitrogen and oxygen atoms in total. The molecule has 0 radical (unpaired) electrons. The van der Waals surface area contributed by atoms with E-state index in [0.29, 0.717) is 6.04 Å². The molecule has 0 unspecified atom stereocenters. The second kappa shape index (κ2) is 9.08. The van der Waals surface area contributed by atoms with Crippen LogP contribution in [0.25, 0.3) is 0 Å². The number of carbonyl (C=O) groups excluding carboxylic acids is 1. The van der Waals surface area contributed by atoms with Crippen LogP contribution in [0.15, 0.2) is 24.4 Å². The maximum absolute atomic E-state index is 13.2. The van der Waals surface area contributed by atoms with Crippen LogP contribution in [0.1, 0.15) is 60.0 Å². The lowest BCUT2D eigenvalue weighted by Crippen LogP contribution is -2.38. The summed E-state index contributed by atoms with van der Waals surface area (Å²) in [6, 6.07) is 6.56. The van der Waals surface area contributed by atoms with Gasteiger partial charge in [-0.15, -0.1) is 0 Å². The Kier molecular flexibility index (Phi) is 6.28. The first-order chi connectivity index (χ1) is 14.2. The number of fused-ring (bicyclic) bond motifs is 1. The number of nitrogens with zero attached hydrogens (tertiary/aromatic N) is 5. The Bertz CT molecular complexity index is 825. The predicted octanol–water partition coefficient (Wildman–Crippen LogP) is 2.96. The molecule has 6 heteroatoms. The van der Waals surface area contributed by atoms with Crippen LogP contribution < -0.4 is 0 Å². The van der Waals surface area contributed by atoms with E-state index in [4.69, 9.17) is 5.10 Å². The molecule has 1 amide bonds. The SMILES string of the molecule is CCCn1nc(C(=O)N2CCCC2)c2c1CC[C@@H](N(C)CCc1ccccn1)C2. The van der Waals surface area contributed by atoms with E-state index in [9.17, 15) is 4.79 Å². The molecule has 29 heavy (non-hydrogen) atoms. The number of carbonyl (C=O) groups is 1. The van der Waals surface area contributed by atoms with Crippen LogP contribution in [-0.4, -0.2) is 63.2 Å². The fourth-order valence-electron chi connectivity index (χ4n) is 4.70. The summed E-state index contributed by atoms with van der Waals surface area (Å²) in [5.74, 6) is 0.144. The van der Waals surface area contributed by atoms with Crippen molar-refractivity contribution in [2.24, 2.45) is 0 Å². The quantitative estimate of drug-likeness (QED) is 0.723. The Balaban J connectivity index is 1.49. The van der Waals surface area contributed by atoms with Gasteiger partial charge in [0.15, 0.2) is 5.69 Å². The molecule has 1 fully saturated rings. The molecular formula is C23H33N5O. The Hall–Kier alpha value is -2.21. The van der Waals surface area contributed by atoms with Gasteiger partial charge in [0.2, 0.25) is 0 Å². The Morgan fingerprint density at radius 1 is 1.28 bits per heavy atom. The molecule has 1 aliphatic heterocycles.